The highest BCUT2D eigenvalue weighted by Crippen LogP contribution is 2.16. The number of nitrogens with one attached hydrogen (secondary N) is 1. The minimum absolute atomic E-state index is 0.278. The van der Waals surface area contributed by atoms with Crippen LogP contribution in [0.4, 0.5) is 4.79 Å². The molecule has 11 heteroatoms. The average molecular weight is 510 g/mol. The van der Waals surface area contributed by atoms with Crippen molar-refractivity contribution in [1.29, 1.82) is 0 Å². The van der Waals surface area contributed by atoms with Gasteiger partial charge in [-0.15, -0.1) is 0 Å². The fourth-order valence-electron chi connectivity index (χ4n) is 3.54. The SMILES string of the molecule is NCCOCCOCCOCCOCCCc1ccccc1.O=C1CCC(N2CCOC2=O)C(=O)N1. The molecule has 2 heterocycles. The Hall–Kier alpha value is -2.57. The van der Waals surface area contributed by atoms with E-state index in [1.165, 1.54) is 10.5 Å². The number of carbonyl (C=O) groups excluding carboxylic acids is 3. The van der Waals surface area contributed by atoms with Gasteiger partial charge in [0, 0.05) is 19.6 Å². The van der Waals surface area contributed by atoms with Crippen molar-refractivity contribution in [1.82, 2.24) is 10.2 Å². The van der Waals surface area contributed by atoms with E-state index in [0.29, 0.717) is 72.4 Å². The third-order valence-corrected chi connectivity index (χ3v) is 5.35. The fourth-order valence-corrected chi connectivity index (χ4v) is 3.54. The van der Waals surface area contributed by atoms with E-state index < -0.39 is 18.0 Å². The molecule has 1 atom stereocenters. The van der Waals surface area contributed by atoms with E-state index >= 15 is 0 Å². The molecule has 0 aromatic heterocycles. The Labute approximate surface area is 212 Å². The van der Waals surface area contributed by atoms with Gasteiger partial charge in [-0.3, -0.25) is 19.8 Å². The van der Waals surface area contributed by atoms with Crippen LogP contribution in [0, 0.1) is 0 Å². The number of piperidine rings is 1. The highest BCUT2D eigenvalue weighted by atomic mass is 16.6. The molecule has 3 N–H and O–H groups in total. The van der Waals surface area contributed by atoms with E-state index in [0.717, 1.165) is 19.4 Å². The van der Waals surface area contributed by atoms with Gasteiger partial charge in [0.1, 0.15) is 12.6 Å². The topological polar surface area (TPSA) is 139 Å². The van der Waals surface area contributed by atoms with Gasteiger partial charge in [0.15, 0.2) is 0 Å². The van der Waals surface area contributed by atoms with Crippen LogP contribution in [0.15, 0.2) is 30.3 Å². The second-order valence-corrected chi connectivity index (χ2v) is 8.10. The number of carbonyl (C=O) groups is 3. The summed E-state index contributed by atoms with van der Waals surface area (Å²) in [6, 6.07) is 9.91. The van der Waals surface area contributed by atoms with Gasteiger partial charge in [-0.2, -0.15) is 0 Å². The normalized spacial score (nSPS) is 17.4. The molecule has 0 spiro atoms. The fraction of sp³-hybridized carbons (Fsp3) is 0.640. The summed E-state index contributed by atoms with van der Waals surface area (Å²) < 4.78 is 26.2. The summed E-state index contributed by atoms with van der Waals surface area (Å²) in [4.78, 5) is 34.7. The van der Waals surface area contributed by atoms with Crippen molar-refractivity contribution < 1.29 is 38.1 Å². The van der Waals surface area contributed by atoms with Crippen LogP contribution in [0.1, 0.15) is 24.8 Å². The van der Waals surface area contributed by atoms with Gasteiger partial charge in [-0.25, -0.2) is 4.79 Å². The summed E-state index contributed by atoms with van der Waals surface area (Å²) in [5.74, 6) is -0.682. The molecule has 1 aromatic rings. The van der Waals surface area contributed by atoms with Crippen LogP contribution >= 0.6 is 0 Å². The molecule has 11 nitrogen and oxygen atoms in total. The van der Waals surface area contributed by atoms with Gasteiger partial charge >= 0.3 is 6.09 Å². The lowest BCUT2D eigenvalue weighted by molar-refractivity contribution is -0.136. The number of nitrogens with two attached hydrogens (primary N) is 1. The number of ether oxygens (including phenoxy) is 5. The summed E-state index contributed by atoms with van der Waals surface area (Å²) in [6.07, 6.45) is 2.29. The van der Waals surface area contributed by atoms with E-state index in [1.807, 2.05) is 6.07 Å². The summed E-state index contributed by atoms with van der Waals surface area (Å²) in [7, 11) is 0. The van der Waals surface area contributed by atoms with Gasteiger partial charge < -0.3 is 29.4 Å². The predicted octanol–water partition coefficient (Wildman–Crippen LogP) is 0.888. The van der Waals surface area contributed by atoms with Gasteiger partial charge in [0.05, 0.1) is 52.8 Å². The quantitative estimate of drug-likeness (QED) is 0.246. The van der Waals surface area contributed by atoms with Crippen LogP contribution in [-0.2, 0) is 39.7 Å². The van der Waals surface area contributed by atoms with Crippen molar-refractivity contribution >= 4 is 17.9 Å². The second-order valence-electron chi connectivity index (χ2n) is 8.10. The lowest BCUT2D eigenvalue weighted by Gasteiger charge is -2.27. The number of rotatable bonds is 16. The molecule has 1 aromatic carbocycles. The number of benzene rings is 1. The molecule has 0 saturated carbocycles. The minimum atomic E-state index is -0.539. The van der Waals surface area contributed by atoms with E-state index in [4.69, 9.17) is 29.4 Å². The molecule has 2 aliphatic heterocycles. The molecule has 36 heavy (non-hydrogen) atoms. The first-order valence-corrected chi connectivity index (χ1v) is 12.4. The Kier molecular flexibility index (Phi) is 15.4. The van der Waals surface area contributed by atoms with Crippen LogP contribution < -0.4 is 11.1 Å². The monoisotopic (exact) mass is 509 g/mol. The summed E-state index contributed by atoms with van der Waals surface area (Å²) >= 11 is 0. The highest BCUT2D eigenvalue weighted by Gasteiger charge is 2.37. The highest BCUT2D eigenvalue weighted by molar-refractivity contribution is 6.01. The third kappa shape index (κ3) is 12.4. The third-order valence-electron chi connectivity index (χ3n) is 5.35. The summed E-state index contributed by atoms with van der Waals surface area (Å²) in [5, 5.41) is 2.20. The first kappa shape index (κ1) is 29.7. The Balaban J connectivity index is 0.000000278. The smallest absolute Gasteiger partial charge is 0.410 e. The van der Waals surface area contributed by atoms with Crippen LogP contribution in [0.5, 0.6) is 0 Å². The molecule has 202 valence electrons. The van der Waals surface area contributed by atoms with Crippen molar-refractivity contribution in [3.63, 3.8) is 0 Å². The number of aryl methyl sites for hydroxylation is 1. The Bertz CT molecular complexity index is 765. The second kappa shape index (κ2) is 18.7. The van der Waals surface area contributed by atoms with E-state index in [2.05, 4.69) is 29.6 Å². The zero-order valence-corrected chi connectivity index (χ0v) is 20.9. The van der Waals surface area contributed by atoms with Crippen LogP contribution in [-0.4, -0.2) is 101 Å². The number of hydrogen-bond acceptors (Lipinski definition) is 9. The molecule has 0 radical (unpaired) electrons. The maximum absolute atomic E-state index is 11.4. The van der Waals surface area contributed by atoms with Gasteiger partial charge in [-0.05, 0) is 24.8 Å². The Morgan fingerprint density at radius 1 is 0.889 bits per heavy atom. The number of cyclic esters (lactones) is 1. The van der Waals surface area contributed by atoms with Crippen molar-refractivity contribution in [2.75, 3.05) is 72.6 Å². The number of imide groups is 1. The van der Waals surface area contributed by atoms with E-state index in [9.17, 15) is 14.4 Å². The van der Waals surface area contributed by atoms with Gasteiger partial charge in [0.25, 0.3) is 0 Å². The molecular weight excluding hydrogens is 470 g/mol. The standard InChI is InChI=1S/C17H29NO4.C8H10N2O4/c18-8-10-20-12-14-22-16-15-21-13-11-19-9-4-7-17-5-2-1-3-6-17;11-6-2-1-5(7(12)9-6)10-3-4-14-8(10)13/h1-3,5-6H,4,7-16,18H2;5H,1-4H2,(H,9,11,12). The molecule has 2 fully saturated rings. The van der Waals surface area contributed by atoms with Crippen molar-refractivity contribution in [3.05, 3.63) is 35.9 Å². The zero-order chi connectivity index (χ0) is 25.8. The minimum Gasteiger partial charge on any atom is -0.448 e. The predicted molar refractivity (Wildman–Crippen MR) is 131 cm³/mol. The maximum atomic E-state index is 11.4. The number of amides is 3. The van der Waals surface area contributed by atoms with Crippen molar-refractivity contribution in [2.45, 2.75) is 31.7 Å². The van der Waals surface area contributed by atoms with E-state index in [1.54, 1.807) is 0 Å². The lowest BCUT2D eigenvalue weighted by Crippen LogP contribution is -2.52. The molecule has 3 rings (SSSR count). The maximum Gasteiger partial charge on any atom is 0.410 e. The van der Waals surface area contributed by atoms with Crippen LogP contribution in [0.25, 0.3) is 0 Å². The zero-order valence-electron chi connectivity index (χ0n) is 20.9. The first-order chi connectivity index (χ1) is 17.6. The van der Waals surface area contributed by atoms with Crippen molar-refractivity contribution in [2.24, 2.45) is 5.73 Å². The summed E-state index contributed by atoms with van der Waals surface area (Å²) in [5.41, 5.74) is 6.66. The van der Waals surface area contributed by atoms with Crippen molar-refractivity contribution in [3.8, 4) is 0 Å². The molecule has 2 aliphatic rings. The van der Waals surface area contributed by atoms with E-state index in [-0.39, 0.29) is 12.3 Å². The van der Waals surface area contributed by atoms with Crippen LogP contribution in [0.2, 0.25) is 0 Å². The molecule has 2 saturated heterocycles. The Morgan fingerprint density at radius 2 is 1.50 bits per heavy atom. The number of hydrogen-bond donors (Lipinski definition) is 2. The molecule has 0 aliphatic carbocycles. The molecular formula is C25H39N3O8. The molecule has 3 amide bonds. The number of nitrogens with zero attached hydrogens (tertiary/aromatic N) is 1. The summed E-state index contributed by atoms with van der Waals surface area (Å²) in [6.45, 7) is 6.23. The molecule has 0 bridgehead atoms. The largest absolute Gasteiger partial charge is 0.448 e. The Morgan fingerprint density at radius 3 is 2.06 bits per heavy atom. The van der Waals surface area contributed by atoms with Gasteiger partial charge in [-0.1, -0.05) is 30.3 Å². The first-order valence-electron chi connectivity index (χ1n) is 12.4. The average Bonchev–Trinajstić information content (AvgIpc) is 3.31. The lowest BCUT2D eigenvalue weighted by atomic mass is 10.1. The van der Waals surface area contributed by atoms with Crippen LogP contribution in [0.3, 0.4) is 0 Å². The molecule has 1 unspecified atom stereocenters. The van der Waals surface area contributed by atoms with Gasteiger partial charge in [0.2, 0.25) is 11.8 Å².